The van der Waals surface area contributed by atoms with E-state index < -0.39 is 5.97 Å². The largest absolute Gasteiger partial charge is 0.507 e. The predicted molar refractivity (Wildman–Crippen MR) is 111 cm³/mol. The van der Waals surface area contributed by atoms with Crippen molar-refractivity contribution in [2.75, 3.05) is 6.26 Å². The van der Waals surface area contributed by atoms with Gasteiger partial charge in [0, 0.05) is 11.3 Å². The van der Waals surface area contributed by atoms with Crippen molar-refractivity contribution >= 4 is 17.7 Å². The molecule has 1 unspecified atom stereocenters. The summed E-state index contributed by atoms with van der Waals surface area (Å²) in [7, 11) is 0. The van der Waals surface area contributed by atoms with Crippen molar-refractivity contribution < 1.29 is 19.7 Å². The molecule has 3 aromatic carbocycles. The smallest absolute Gasteiger partial charge is 0.339 e. The maximum Gasteiger partial charge on any atom is 0.339 e. The second kappa shape index (κ2) is 9.44. The van der Waals surface area contributed by atoms with Gasteiger partial charge in [-0.3, -0.25) is 0 Å². The van der Waals surface area contributed by atoms with Gasteiger partial charge in [0.15, 0.2) is 0 Å². The molecule has 0 radical (unpaired) electrons. The Balaban J connectivity index is 1.86. The molecule has 144 valence electrons. The Labute approximate surface area is 168 Å². The number of hydrogen-bond donors (Lipinski definition) is 2. The number of rotatable bonds is 8. The van der Waals surface area contributed by atoms with Gasteiger partial charge in [0.05, 0.1) is 12.7 Å². The molecule has 0 heterocycles. The predicted octanol–water partition coefficient (Wildman–Crippen LogP) is 5.31. The molecule has 1 atom stereocenters. The number of hydrogen-bond acceptors (Lipinski definition) is 4. The van der Waals surface area contributed by atoms with Gasteiger partial charge in [-0.1, -0.05) is 48.5 Å². The summed E-state index contributed by atoms with van der Waals surface area (Å²) >= 11 is 1.68. The molecule has 0 amide bonds. The van der Waals surface area contributed by atoms with Crippen LogP contribution in [0.25, 0.3) is 0 Å². The minimum atomic E-state index is -1.15. The molecule has 2 N–H and O–H groups in total. The second-order valence-corrected chi connectivity index (χ2v) is 7.30. The summed E-state index contributed by atoms with van der Waals surface area (Å²) in [5, 5.41) is 19.3. The lowest BCUT2D eigenvalue weighted by molar-refractivity contribution is 0.0397. The Morgan fingerprint density at radius 2 is 1.75 bits per heavy atom. The van der Waals surface area contributed by atoms with Gasteiger partial charge in [0.1, 0.15) is 11.3 Å². The van der Waals surface area contributed by atoms with Crippen molar-refractivity contribution in [1.82, 2.24) is 0 Å². The van der Waals surface area contributed by atoms with Gasteiger partial charge < -0.3 is 14.9 Å². The summed E-state index contributed by atoms with van der Waals surface area (Å²) in [4.78, 5) is 12.4. The van der Waals surface area contributed by atoms with Crippen molar-refractivity contribution in [3.8, 4) is 5.75 Å². The zero-order chi connectivity index (χ0) is 19.9. The van der Waals surface area contributed by atoms with Gasteiger partial charge in [-0.05, 0) is 47.2 Å². The molecule has 0 aliphatic carbocycles. The van der Waals surface area contributed by atoms with Crippen LogP contribution in [0, 0.1) is 0 Å². The van der Waals surface area contributed by atoms with E-state index in [1.54, 1.807) is 17.8 Å². The maximum absolute atomic E-state index is 11.2. The monoisotopic (exact) mass is 394 g/mol. The van der Waals surface area contributed by atoms with Crippen LogP contribution in [0.15, 0.2) is 77.7 Å². The Morgan fingerprint density at radius 3 is 2.43 bits per heavy atom. The molecule has 0 saturated carbocycles. The van der Waals surface area contributed by atoms with Crippen molar-refractivity contribution in [3.63, 3.8) is 0 Å². The van der Waals surface area contributed by atoms with Crippen molar-refractivity contribution in [3.05, 3.63) is 95.1 Å². The maximum atomic E-state index is 11.2. The number of aromatic carboxylic acids is 1. The van der Waals surface area contributed by atoms with E-state index in [4.69, 9.17) is 9.84 Å². The lowest BCUT2D eigenvalue weighted by Crippen LogP contribution is -2.09. The van der Waals surface area contributed by atoms with Gasteiger partial charge in [-0.15, -0.1) is 11.8 Å². The molecule has 3 aromatic rings. The van der Waals surface area contributed by atoms with Gasteiger partial charge in [0.25, 0.3) is 0 Å². The minimum absolute atomic E-state index is 0.116. The fourth-order valence-corrected chi connectivity index (χ4v) is 3.47. The first-order valence-electron chi connectivity index (χ1n) is 8.91. The lowest BCUT2D eigenvalue weighted by atomic mass is 9.99. The molecule has 0 saturated heterocycles. The van der Waals surface area contributed by atoms with Crippen LogP contribution in [-0.2, 0) is 17.8 Å². The van der Waals surface area contributed by atoms with Crippen LogP contribution in [0.4, 0.5) is 0 Å². The zero-order valence-electron chi connectivity index (χ0n) is 15.5. The van der Waals surface area contributed by atoms with Gasteiger partial charge in [-0.25, -0.2) is 4.79 Å². The first-order valence-corrected chi connectivity index (χ1v) is 10.1. The fraction of sp³-hybridized carbons (Fsp3) is 0.174. The summed E-state index contributed by atoms with van der Waals surface area (Å²) in [5.74, 6) is -1.41. The summed E-state index contributed by atoms with van der Waals surface area (Å²) < 4.78 is 6.18. The van der Waals surface area contributed by atoms with Gasteiger partial charge >= 0.3 is 5.97 Å². The summed E-state index contributed by atoms with van der Waals surface area (Å²) in [6, 6.07) is 22.7. The van der Waals surface area contributed by atoms with Crippen molar-refractivity contribution in [1.29, 1.82) is 0 Å². The molecule has 0 spiro atoms. The summed E-state index contributed by atoms with van der Waals surface area (Å²) in [6.07, 6.45) is 2.34. The highest BCUT2D eigenvalue weighted by atomic mass is 32.2. The van der Waals surface area contributed by atoms with Crippen LogP contribution in [0.2, 0.25) is 0 Å². The molecule has 0 aliphatic rings. The van der Waals surface area contributed by atoms with Crippen LogP contribution in [0.5, 0.6) is 5.75 Å². The fourth-order valence-electron chi connectivity index (χ4n) is 2.99. The Morgan fingerprint density at radius 1 is 1.00 bits per heavy atom. The van der Waals surface area contributed by atoms with Crippen molar-refractivity contribution in [2.24, 2.45) is 0 Å². The second-order valence-electron chi connectivity index (χ2n) is 6.42. The standard InChI is InChI=1S/C23H22O4S/c1-28-19-9-5-8-17(12-19)13-22(27-15-16-6-3-2-4-7-16)18-10-11-20(23(25)26)21(24)14-18/h2-12,14,22,24H,13,15H2,1H3,(H,25,26). The van der Waals surface area contributed by atoms with E-state index in [1.165, 1.54) is 17.0 Å². The number of carboxylic acid groups (broad SMARTS) is 1. The van der Waals surface area contributed by atoms with Gasteiger partial charge in [-0.2, -0.15) is 0 Å². The van der Waals surface area contributed by atoms with E-state index in [0.29, 0.717) is 13.0 Å². The first kappa shape index (κ1) is 20.0. The Hall–Kier alpha value is -2.76. The first-order chi connectivity index (χ1) is 13.6. The third kappa shape index (κ3) is 5.15. The number of ether oxygens (including phenoxy) is 1. The number of benzene rings is 3. The van der Waals surface area contributed by atoms with Crippen LogP contribution in [-0.4, -0.2) is 22.4 Å². The van der Waals surface area contributed by atoms with Crippen LogP contribution in [0.1, 0.15) is 33.2 Å². The van der Waals surface area contributed by atoms with E-state index in [0.717, 1.165) is 16.7 Å². The van der Waals surface area contributed by atoms with Crippen LogP contribution in [0.3, 0.4) is 0 Å². The summed E-state index contributed by atoms with van der Waals surface area (Å²) in [6.45, 7) is 0.426. The zero-order valence-corrected chi connectivity index (χ0v) is 16.4. The van der Waals surface area contributed by atoms with E-state index in [-0.39, 0.29) is 17.4 Å². The van der Waals surface area contributed by atoms with E-state index >= 15 is 0 Å². The minimum Gasteiger partial charge on any atom is -0.507 e. The number of carboxylic acids is 1. The molecular weight excluding hydrogens is 372 g/mol. The molecule has 0 bridgehead atoms. The van der Waals surface area contributed by atoms with Gasteiger partial charge in [0.2, 0.25) is 0 Å². The third-order valence-corrected chi connectivity index (χ3v) is 5.20. The molecule has 0 aromatic heterocycles. The molecule has 4 nitrogen and oxygen atoms in total. The molecule has 0 fully saturated rings. The molecule has 5 heteroatoms. The van der Waals surface area contributed by atoms with Crippen molar-refractivity contribution in [2.45, 2.75) is 24.0 Å². The SMILES string of the molecule is CSc1cccc(CC(OCc2ccccc2)c2ccc(C(=O)O)c(O)c2)c1. The van der Waals surface area contributed by atoms with Crippen LogP contribution < -0.4 is 0 Å². The lowest BCUT2D eigenvalue weighted by Gasteiger charge is -2.20. The highest BCUT2D eigenvalue weighted by Gasteiger charge is 2.17. The quantitative estimate of drug-likeness (QED) is 0.507. The normalized spacial score (nSPS) is 11.9. The molecule has 3 rings (SSSR count). The van der Waals surface area contributed by atoms with E-state index in [2.05, 4.69) is 12.1 Å². The molecular formula is C23H22O4S. The summed E-state index contributed by atoms with van der Waals surface area (Å²) in [5.41, 5.74) is 2.80. The van der Waals surface area contributed by atoms with E-state index in [9.17, 15) is 9.90 Å². The Kier molecular flexibility index (Phi) is 6.74. The number of carbonyl (C=O) groups is 1. The topological polar surface area (TPSA) is 66.8 Å². The highest BCUT2D eigenvalue weighted by molar-refractivity contribution is 7.98. The molecule has 0 aliphatic heterocycles. The number of phenols is 1. The number of aromatic hydroxyl groups is 1. The molecule has 28 heavy (non-hydrogen) atoms. The number of thioether (sulfide) groups is 1. The third-order valence-electron chi connectivity index (χ3n) is 4.47. The average molecular weight is 394 g/mol. The van der Waals surface area contributed by atoms with E-state index in [1.807, 2.05) is 48.7 Å². The van der Waals surface area contributed by atoms with Crippen LogP contribution >= 0.6 is 11.8 Å². The Bertz CT molecular complexity index is 940. The average Bonchev–Trinajstić information content (AvgIpc) is 2.71. The highest BCUT2D eigenvalue weighted by Crippen LogP contribution is 2.29.